The minimum Gasteiger partial charge on any atom is -0.338 e. The number of aromatic nitrogens is 3. The van der Waals surface area contributed by atoms with E-state index in [4.69, 9.17) is 0 Å². The van der Waals surface area contributed by atoms with Crippen molar-refractivity contribution < 1.29 is 4.79 Å². The molecular weight excluding hydrogens is 310 g/mol. The minimum absolute atomic E-state index is 0.0335. The monoisotopic (exact) mass is 333 g/mol. The predicted octanol–water partition coefficient (Wildman–Crippen LogP) is 3.04. The Morgan fingerprint density at radius 2 is 2.43 bits per heavy atom. The summed E-state index contributed by atoms with van der Waals surface area (Å²) in [6, 6.07) is 0.176. The first-order chi connectivity index (χ1) is 11.2. The van der Waals surface area contributed by atoms with Crippen molar-refractivity contribution in [2.45, 2.75) is 45.1 Å². The van der Waals surface area contributed by atoms with Crippen LogP contribution in [-0.2, 0) is 6.42 Å². The van der Waals surface area contributed by atoms with Gasteiger partial charge in [0, 0.05) is 42.3 Å². The number of rotatable bonds is 5. The van der Waals surface area contributed by atoms with E-state index in [-0.39, 0.29) is 12.1 Å². The number of amides is 2. The van der Waals surface area contributed by atoms with Gasteiger partial charge in [-0.15, -0.1) is 11.3 Å². The number of hydrogen-bond donors (Lipinski definition) is 2. The van der Waals surface area contributed by atoms with Crippen molar-refractivity contribution in [2.24, 2.45) is 0 Å². The van der Waals surface area contributed by atoms with Crippen LogP contribution in [0.25, 0.3) is 0 Å². The molecule has 1 atom stereocenters. The summed E-state index contributed by atoms with van der Waals surface area (Å²) < 4.78 is 0. The summed E-state index contributed by atoms with van der Waals surface area (Å²) in [5.74, 6) is 0. The van der Waals surface area contributed by atoms with E-state index in [1.165, 1.54) is 0 Å². The SMILES string of the molecule is Cc1csc(CCCNC(=O)N2CCCCC2c2cn[nH]c2)n1. The van der Waals surface area contributed by atoms with Gasteiger partial charge in [0.25, 0.3) is 0 Å². The largest absolute Gasteiger partial charge is 0.338 e. The van der Waals surface area contributed by atoms with Crippen LogP contribution in [0, 0.1) is 6.92 Å². The number of carbonyl (C=O) groups is 1. The quantitative estimate of drug-likeness (QED) is 0.826. The smallest absolute Gasteiger partial charge is 0.317 e. The summed E-state index contributed by atoms with van der Waals surface area (Å²) in [5, 5.41) is 13.1. The van der Waals surface area contributed by atoms with Crippen molar-refractivity contribution in [1.29, 1.82) is 0 Å². The fraction of sp³-hybridized carbons (Fsp3) is 0.562. The van der Waals surface area contributed by atoms with Gasteiger partial charge in [-0.25, -0.2) is 9.78 Å². The highest BCUT2D eigenvalue weighted by molar-refractivity contribution is 7.09. The van der Waals surface area contributed by atoms with Gasteiger partial charge >= 0.3 is 6.03 Å². The highest BCUT2D eigenvalue weighted by atomic mass is 32.1. The van der Waals surface area contributed by atoms with E-state index >= 15 is 0 Å². The highest BCUT2D eigenvalue weighted by Gasteiger charge is 2.28. The van der Waals surface area contributed by atoms with Gasteiger partial charge in [0.1, 0.15) is 0 Å². The second-order valence-corrected chi connectivity index (χ2v) is 6.90. The molecule has 1 unspecified atom stereocenters. The Morgan fingerprint density at radius 1 is 1.52 bits per heavy atom. The van der Waals surface area contributed by atoms with Gasteiger partial charge in [-0.1, -0.05) is 0 Å². The van der Waals surface area contributed by atoms with Crippen molar-refractivity contribution in [2.75, 3.05) is 13.1 Å². The average Bonchev–Trinajstić information content (AvgIpc) is 3.23. The molecule has 6 nitrogen and oxygen atoms in total. The van der Waals surface area contributed by atoms with Gasteiger partial charge in [0.05, 0.1) is 17.2 Å². The van der Waals surface area contributed by atoms with Crippen molar-refractivity contribution in [3.63, 3.8) is 0 Å². The molecule has 2 aromatic heterocycles. The summed E-state index contributed by atoms with van der Waals surface area (Å²) in [4.78, 5) is 18.9. The number of likely N-dealkylation sites (tertiary alicyclic amines) is 1. The van der Waals surface area contributed by atoms with Crippen molar-refractivity contribution in [3.8, 4) is 0 Å². The second kappa shape index (κ2) is 7.59. The van der Waals surface area contributed by atoms with Crippen LogP contribution in [0.4, 0.5) is 4.79 Å². The zero-order chi connectivity index (χ0) is 16.1. The summed E-state index contributed by atoms with van der Waals surface area (Å²) in [6.45, 7) is 3.51. The van der Waals surface area contributed by atoms with E-state index in [0.717, 1.165) is 54.9 Å². The Balaban J connectivity index is 1.48. The molecule has 2 N–H and O–H groups in total. The number of thiazole rings is 1. The van der Waals surface area contributed by atoms with E-state index in [0.29, 0.717) is 6.54 Å². The highest BCUT2D eigenvalue weighted by Crippen LogP contribution is 2.30. The fourth-order valence-electron chi connectivity index (χ4n) is 3.02. The Hall–Kier alpha value is -1.89. The number of aromatic amines is 1. The first-order valence-corrected chi connectivity index (χ1v) is 9.06. The van der Waals surface area contributed by atoms with Crippen molar-refractivity contribution in [1.82, 2.24) is 25.4 Å². The maximum absolute atomic E-state index is 12.5. The summed E-state index contributed by atoms with van der Waals surface area (Å²) in [6.07, 6.45) is 8.78. The van der Waals surface area contributed by atoms with Gasteiger partial charge < -0.3 is 10.2 Å². The summed E-state index contributed by atoms with van der Waals surface area (Å²) in [7, 11) is 0. The molecule has 0 radical (unpaired) electrons. The maximum Gasteiger partial charge on any atom is 0.317 e. The maximum atomic E-state index is 12.5. The molecule has 1 saturated heterocycles. The predicted molar refractivity (Wildman–Crippen MR) is 90.5 cm³/mol. The molecule has 2 amide bonds. The molecule has 1 aliphatic heterocycles. The lowest BCUT2D eigenvalue weighted by molar-refractivity contribution is 0.151. The third-order valence-corrected chi connectivity index (χ3v) is 5.20. The van der Waals surface area contributed by atoms with E-state index in [2.05, 4.69) is 25.9 Å². The van der Waals surface area contributed by atoms with Crippen LogP contribution in [-0.4, -0.2) is 39.2 Å². The van der Waals surface area contributed by atoms with E-state index in [9.17, 15) is 4.79 Å². The molecule has 0 aromatic carbocycles. The van der Waals surface area contributed by atoms with Crippen LogP contribution in [0.2, 0.25) is 0 Å². The standard InChI is InChI=1S/C16H23N5OS/c1-12-11-23-15(20-12)6-4-7-17-16(22)21-8-3-2-5-14(21)13-9-18-19-10-13/h9-11,14H,2-8H2,1H3,(H,17,22)(H,18,19). The molecule has 1 fully saturated rings. The number of carbonyl (C=O) groups excluding carboxylic acids is 1. The second-order valence-electron chi connectivity index (χ2n) is 5.95. The van der Waals surface area contributed by atoms with Crippen LogP contribution < -0.4 is 5.32 Å². The molecule has 7 heteroatoms. The Kier molecular flexibility index (Phi) is 5.27. The Labute approximate surface area is 140 Å². The lowest BCUT2D eigenvalue weighted by Gasteiger charge is -2.35. The fourth-order valence-corrected chi connectivity index (χ4v) is 3.84. The van der Waals surface area contributed by atoms with Crippen LogP contribution in [0.1, 0.15) is 48.0 Å². The molecule has 1 aliphatic rings. The summed E-state index contributed by atoms with van der Waals surface area (Å²) >= 11 is 1.69. The van der Waals surface area contributed by atoms with Crippen molar-refractivity contribution in [3.05, 3.63) is 34.0 Å². The Bertz CT molecular complexity index is 624. The molecule has 2 aromatic rings. The lowest BCUT2D eigenvalue weighted by atomic mass is 9.98. The van der Waals surface area contributed by atoms with E-state index < -0.39 is 0 Å². The number of urea groups is 1. The Morgan fingerprint density at radius 3 is 3.17 bits per heavy atom. The molecule has 0 bridgehead atoms. The number of nitrogens with one attached hydrogen (secondary N) is 2. The topological polar surface area (TPSA) is 73.9 Å². The van der Waals surface area contributed by atoms with Crippen molar-refractivity contribution >= 4 is 17.4 Å². The molecule has 124 valence electrons. The van der Waals surface area contributed by atoms with Gasteiger partial charge in [-0.3, -0.25) is 5.10 Å². The third kappa shape index (κ3) is 4.10. The van der Waals surface area contributed by atoms with E-state index in [1.54, 1.807) is 11.3 Å². The number of nitrogens with zero attached hydrogens (tertiary/aromatic N) is 3. The van der Waals surface area contributed by atoms with Crippen LogP contribution in [0.15, 0.2) is 17.8 Å². The number of H-pyrrole nitrogens is 1. The minimum atomic E-state index is 0.0335. The van der Waals surface area contributed by atoms with Crippen LogP contribution in [0.5, 0.6) is 0 Å². The molecule has 0 aliphatic carbocycles. The first kappa shape index (κ1) is 16.0. The lowest BCUT2D eigenvalue weighted by Crippen LogP contribution is -2.44. The number of hydrogen-bond acceptors (Lipinski definition) is 4. The zero-order valence-electron chi connectivity index (χ0n) is 13.4. The van der Waals surface area contributed by atoms with E-state index in [1.807, 2.05) is 24.2 Å². The molecule has 0 spiro atoms. The van der Waals surface area contributed by atoms with Crippen LogP contribution in [0.3, 0.4) is 0 Å². The third-order valence-electron chi connectivity index (χ3n) is 4.18. The summed E-state index contributed by atoms with van der Waals surface area (Å²) in [5.41, 5.74) is 2.17. The van der Waals surface area contributed by atoms with Gasteiger partial charge in [0.2, 0.25) is 0 Å². The van der Waals surface area contributed by atoms with Crippen LogP contribution >= 0.6 is 11.3 Å². The molecule has 23 heavy (non-hydrogen) atoms. The van der Waals surface area contributed by atoms with Gasteiger partial charge in [0.15, 0.2) is 0 Å². The number of piperidine rings is 1. The average molecular weight is 333 g/mol. The molecule has 3 heterocycles. The molecule has 0 saturated carbocycles. The molecular formula is C16H23N5OS. The number of aryl methyl sites for hydroxylation is 2. The van der Waals surface area contributed by atoms with Gasteiger partial charge in [-0.2, -0.15) is 5.10 Å². The molecule has 3 rings (SSSR count). The normalized spacial score (nSPS) is 18.1. The first-order valence-electron chi connectivity index (χ1n) is 8.18. The zero-order valence-corrected chi connectivity index (χ0v) is 14.2. The van der Waals surface area contributed by atoms with Gasteiger partial charge in [-0.05, 0) is 32.6 Å².